The van der Waals surface area contributed by atoms with Crippen LogP contribution >= 0.6 is 0 Å². The van der Waals surface area contributed by atoms with E-state index in [9.17, 15) is 9.90 Å². The van der Waals surface area contributed by atoms with Gasteiger partial charge in [-0.25, -0.2) is 0 Å². The molecule has 0 aromatic carbocycles. The molecule has 0 fully saturated rings. The number of ketones is 1. The van der Waals surface area contributed by atoms with Gasteiger partial charge in [0, 0.05) is 20.1 Å². The van der Waals surface area contributed by atoms with E-state index in [1.54, 1.807) is 0 Å². The molecule has 6 bridgehead atoms. The maximum atomic E-state index is 9.98. The number of carbonyl (C=O) groups is 1. The molecule has 0 aromatic heterocycles. The predicted octanol–water partition coefficient (Wildman–Crippen LogP) is 5.08. The van der Waals surface area contributed by atoms with Crippen molar-refractivity contribution in [2.24, 2.45) is 35.5 Å². The van der Waals surface area contributed by atoms with Crippen molar-refractivity contribution in [2.45, 2.75) is 33.1 Å². The maximum absolute atomic E-state index is 9.98. The quantitative estimate of drug-likeness (QED) is 0.252. The van der Waals surface area contributed by atoms with Crippen LogP contribution in [0.1, 0.15) is 33.1 Å². The van der Waals surface area contributed by atoms with Crippen LogP contribution in [0.4, 0.5) is 0 Å². The molecule has 6 aliphatic carbocycles. The van der Waals surface area contributed by atoms with Gasteiger partial charge in [0.25, 0.3) is 0 Å². The summed E-state index contributed by atoms with van der Waals surface area (Å²) < 4.78 is 0. The second-order valence-electron chi connectivity index (χ2n) is 8.37. The van der Waals surface area contributed by atoms with Gasteiger partial charge in [-0.15, -0.1) is 5.76 Å². The third-order valence-electron chi connectivity index (χ3n) is 5.67. The number of rotatable bonds is 1. The van der Waals surface area contributed by atoms with Crippen molar-refractivity contribution in [1.82, 2.24) is 0 Å². The molecule has 0 unspecified atom stereocenters. The molecule has 0 heterocycles. The van der Waals surface area contributed by atoms with Gasteiger partial charge in [-0.1, -0.05) is 79.8 Å². The fraction of sp³-hybridized carbons (Fsp3) is 0.423. The number of hydrogen-bond donors (Lipinski definition) is 0. The Bertz CT molecular complexity index is 597. The summed E-state index contributed by atoms with van der Waals surface area (Å²) in [6, 6.07) is 0. The molecule has 0 atom stereocenters. The monoisotopic (exact) mass is 568 g/mol. The molecule has 29 heavy (non-hydrogen) atoms. The molecule has 0 aromatic rings. The molecule has 157 valence electrons. The minimum absolute atomic E-state index is 0. The Balaban J connectivity index is 0.000000136. The second kappa shape index (κ2) is 11.5. The molecule has 0 aliphatic heterocycles. The van der Waals surface area contributed by atoms with Gasteiger partial charge in [-0.3, -0.25) is 4.79 Å². The molecule has 0 N–H and O–H groups in total. The van der Waals surface area contributed by atoms with E-state index in [-0.39, 0.29) is 31.6 Å². The van der Waals surface area contributed by atoms with Crippen molar-refractivity contribution in [1.29, 1.82) is 0 Å². The Morgan fingerprint density at radius 1 is 0.621 bits per heavy atom. The van der Waals surface area contributed by atoms with Crippen LogP contribution in [0, 0.1) is 35.5 Å². The fourth-order valence-corrected chi connectivity index (χ4v) is 4.27. The molecular formula is C26H31IrO2-. The summed E-state index contributed by atoms with van der Waals surface area (Å²) in [7, 11) is 0. The van der Waals surface area contributed by atoms with E-state index < -0.39 is 0 Å². The number of allylic oxidation sites excluding steroid dienone is 14. The van der Waals surface area contributed by atoms with Gasteiger partial charge in [0.15, 0.2) is 5.78 Å². The van der Waals surface area contributed by atoms with Gasteiger partial charge in [0.2, 0.25) is 0 Å². The summed E-state index contributed by atoms with van der Waals surface area (Å²) in [5.74, 6) is 4.49. The van der Waals surface area contributed by atoms with E-state index in [1.807, 2.05) is 0 Å². The van der Waals surface area contributed by atoms with Crippen molar-refractivity contribution in [3.63, 3.8) is 0 Å². The van der Waals surface area contributed by atoms with Gasteiger partial charge in [0.05, 0.1) is 0 Å². The van der Waals surface area contributed by atoms with Crippen LogP contribution in [0.5, 0.6) is 0 Å². The first-order valence-electron chi connectivity index (χ1n) is 10.4. The average Bonchev–Trinajstić information content (AvgIpc) is 3.52. The summed E-state index contributed by atoms with van der Waals surface area (Å²) in [6.07, 6.45) is 32.7. The minimum atomic E-state index is -0.187. The molecule has 6 aliphatic rings. The topological polar surface area (TPSA) is 40.1 Å². The molecule has 6 rings (SSSR count). The number of fused-ring (bicyclic) bond motifs is 6. The first-order chi connectivity index (χ1) is 13.5. The van der Waals surface area contributed by atoms with Gasteiger partial charge >= 0.3 is 0 Å². The Hall–Kier alpha value is -1.70. The molecule has 2 nitrogen and oxygen atoms in total. The number of carbonyl (C=O) groups excluding carboxylic acids is 1. The zero-order valence-corrected chi connectivity index (χ0v) is 19.6. The molecule has 0 saturated heterocycles. The zero-order valence-electron chi connectivity index (χ0n) is 17.2. The van der Waals surface area contributed by atoms with E-state index >= 15 is 0 Å². The van der Waals surface area contributed by atoms with Crippen LogP contribution in [0.2, 0.25) is 0 Å². The molecule has 3 heteroatoms. The molecule has 0 saturated carbocycles. The first kappa shape index (κ1) is 23.6. The minimum Gasteiger partial charge on any atom is -0.876 e. The SMILES string of the molecule is C1=CC2C=CC1C2.C1=CC2C=CC1C2.C1=CC2C=CC1C2.CC(=O)/C=C(/C)[O-].[Ir]. The Labute approximate surface area is 188 Å². The van der Waals surface area contributed by atoms with E-state index in [2.05, 4.69) is 72.9 Å². The van der Waals surface area contributed by atoms with Crippen molar-refractivity contribution >= 4 is 5.78 Å². The standard InChI is InChI=1S/3C7H8.C5H8O2.Ir/c3*1-2-7-4-3-6(1)5-7;1-4(6)3-5(2)7;/h3*1-4,6-7H,5H2;3,6H,1-2H3;/p-1/b;;;4-3-;. The van der Waals surface area contributed by atoms with E-state index in [1.165, 1.54) is 33.1 Å². The van der Waals surface area contributed by atoms with Gasteiger partial charge < -0.3 is 5.11 Å². The first-order valence-corrected chi connectivity index (χ1v) is 10.4. The van der Waals surface area contributed by atoms with Crippen molar-refractivity contribution in [3.05, 3.63) is 84.7 Å². The smallest absolute Gasteiger partial charge is 0.151 e. The fourth-order valence-electron chi connectivity index (χ4n) is 4.27. The summed E-state index contributed by atoms with van der Waals surface area (Å²) in [5.41, 5.74) is 0. The summed E-state index contributed by atoms with van der Waals surface area (Å²) >= 11 is 0. The molecular weight excluding hydrogens is 537 g/mol. The third-order valence-corrected chi connectivity index (χ3v) is 5.67. The average molecular weight is 568 g/mol. The maximum Gasteiger partial charge on any atom is 0.151 e. The van der Waals surface area contributed by atoms with Crippen molar-refractivity contribution in [2.75, 3.05) is 0 Å². The second-order valence-corrected chi connectivity index (χ2v) is 8.37. The predicted molar refractivity (Wildman–Crippen MR) is 114 cm³/mol. The van der Waals surface area contributed by atoms with Crippen LogP contribution in [0.25, 0.3) is 0 Å². The molecule has 0 spiro atoms. The van der Waals surface area contributed by atoms with Crippen LogP contribution in [-0.2, 0) is 24.9 Å². The van der Waals surface area contributed by atoms with Crippen LogP contribution in [-0.4, -0.2) is 5.78 Å². The van der Waals surface area contributed by atoms with Gasteiger partial charge in [-0.2, -0.15) is 0 Å². The van der Waals surface area contributed by atoms with Crippen LogP contribution in [0.15, 0.2) is 84.7 Å². The van der Waals surface area contributed by atoms with E-state index in [0.29, 0.717) is 0 Å². The van der Waals surface area contributed by atoms with Crippen molar-refractivity contribution in [3.8, 4) is 0 Å². The molecule has 1 radical (unpaired) electrons. The normalized spacial score (nSPS) is 34.2. The summed E-state index contributed by atoms with van der Waals surface area (Å²) in [5, 5.41) is 9.98. The van der Waals surface area contributed by atoms with Crippen LogP contribution in [0.3, 0.4) is 0 Å². The van der Waals surface area contributed by atoms with Gasteiger partial charge in [0.1, 0.15) is 0 Å². The van der Waals surface area contributed by atoms with E-state index in [0.717, 1.165) is 41.6 Å². The zero-order chi connectivity index (χ0) is 19.9. The number of hydrogen-bond acceptors (Lipinski definition) is 2. The Morgan fingerprint density at radius 3 is 0.862 bits per heavy atom. The van der Waals surface area contributed by atoms with Gasteiger partial charge in [-0.05, 0) is 67.8 Å². The van der Waals surface area contributed by atoms with E-state index in [4.69, 9.17) is 0 Å². The van der Waals surface area contributed by atoms with Crippen LogP contribution < -0.4 is 5.11 Å². The Kier molecular flexibility index (Phi) is 9.33. The third kappa shape index (κ3) is 7.91. The summed E-state index contributed by atoms with van der Waals surface area (Å²) in [6.45, 7) is 2.70. The largest absolute Gasteiger partial charge is 0.876 e. The molecule has 0 amide bonds. The summed E-state index contributed by atoms with van der Waals surface area (Å²) in [4.78, 5) is 9.98. The Morgan fingerprint density at radius 2 is 0.828 bits per heavy atom. The van der Waals surface area contributed by atoms with Crippen molar-refractivity contribution < 1.29 is 30.0 Å².